The summed E-state index contributed by atoms with van der Waals surface area (Å²) in [7, 11) is 0. The lowest BCUT2D eigenvalue weighted by Crippen LogP contribution is -2.37. The van der Waals surface area contributed by atoms with E-state index in [1.807, 2.05) is 0 Å². The molecule has 5 rings (SSSR count). The van der Waals surface area contributed by atoms with Gasteiger partial charge in [0.2, 0.25) is 0 Å². The summed E-state index contributed by atoms with van der Waals surface area (Å²) in [5.41, 5.74) is -0.404. The summed E-state index contributed by atoms with van der Waals surface area (Å²) in [6, 6.07) is 9.83. The first-order valence-corrected chi connectivity index (χ1v) is 12.5. The van der Waals surface area contributed by atoms with Gasteiger partial charge in [-0.25, -0.2) is 23.5 Å². The number of amides is 1. The first kappa shape index (κ1) is 27.8. The lowest BCUT2D eigenvalue weighted by molar-refractivity contribution is -0.207. The third-order valence-electron chi connectivity index (χ3n) is 6.08. The van der Waals surface area contributed by atoms with Gasteiger partial charge in [0.05, 0.1) is 28.9 Å². The van der Waals surface area contributed by atoms with E-state index in [1.54, 1.807) is 0 Å². The van der Waals surface area contributed by atoms with Crippen molar-refractivity contribution in [2.24, 2.45) is 0 Å². The number of hydrogen-bond acceptors (Lipinski definition) is 6. The van der Waals surface area contributed by atoms with Gasteiger partial charge in [-0.1, -0.05) is 29.3 Å². The van der Waals surface area contributed by atoms with Gasteiger partial charge in [0.15, 0.2) is 17.8 Å². The summed E-state index contributed by atoms with van der Waals surface area (Å²) in [5.74, 6) is -0.686. The number of hydrogen-bond donors (Lipinski definition) is 2. The zero-order valence-electron chi connectivity index (χ0n) is 20.2. The molecule has 2 N–H and O–H groups in total. The predicted molar refractivity (Wildman–Crippen MR) is 135 cm³/mol. The number of aliphatic hydroxyl groups excluding tert-OH is 1. The minimum absolute atomic E-state index is 0.0167. The fourth-order valence-corrected chi connectivity index (χ4v) is 4.29. The number of halogens is 6. The van der Waals surface area contributed by atoms with E-state index in [0.29, 0.717) is 9.59 Å². The van der Waals surface area contributed by atoms with Gasteiger partial charge in [0.1, 0.15) is 19.0 Å². The normalized spacial score (nSPS) is 17.6. The number of para-hydroxylation sites is 1. The van der Waals surface area contributed by atoms with Crippen LogP contribution in [0.4, 0.5) is 17.6 Å². The second-order valence-corrected chi connectivity index (χ2v) is 9.86. The molecule has 0 bridgehead atoms. The maximum absolute atomic E-state index is 13.3. The summed E-state index contributed by atoms with van der Waals surface area (Å²) in [6.07, 6.45) is -7.45. The van der Waals surface area contributed by atoms with Gasteiger partial charge in [-0.3, -0.25) is 9.36 Å². The zero-order valence-corrected chi connectivity index (χ0v) is 21.7. The predicted octanol–water partition coefficient (Wildman–Crippen LogP) is 3.41. The molecule has 1 aliphatic rings. The Morgan fingerprint density at radius 3 is 2.50 bits per heavy atom. The topological polar surface area (TPSA) is 120 Å². The van der Waals surface area contributed by atoms with Gasteiger partial charge < -0.3 is 10.4 Å². The second-order valence-electron chi connectivity index (χ2n) is 9.01. The lowest BCUT2D eigenvalue weighted by atomic mass is 10.1. The van der Waals surface area contributed by atoms with E-state index in [2.05, 4.69) is 20.5 Å². The van der Waals surface area contributed by atoms with Gasteiger partial charge in [-0.2, -0.15) is 13.2 Å². The maximum atomic E-state index is 13.3. The molecule has 4 aromatic rings. The standard InChI is InChI=1S/C24H19Cl2F4N7O3/c25-13-6-4-12(5-7-13)21-34-36(23(40)35(21)9-18(38)24(28,29)30)10-19-31-11-37(33-19)20-14(2-1-3-15(20)26)22(39)32-17-8-16(17)27/h1-7,11,16-18,38H,8-10H2,(H,32,39)/t16?,17?,18-/m1/s1. The van der Waals surface area contributed by atoms with Crippen LogP contribution in [0.15, 0.2) is 53.6 Å². The number of aliphatic hydroxyl groups is 1. The number of nitrogens with one attached hydrogen (secondary N) is 1. The monoisotopic (exact) mass is 599 g/mol. The van der Waals surface area contributed by atoms with Crippen LogP contribution in [0, 0.1) is 0 Å². The number of alkyl halides is 4. The molecule has 0 spiro atoms. The van der Waals surface area contributed by atoms with Crippen LogP contribution < -0.4 is 11.0 Å². The number of carbonyl (C=O) groups excluding carboxylic acids is 1. The van der Waals surface area contributed by atoms with Crippen LogP contribution in [0.2, 0.25) is 10.0 Å². The van der Waals surface area contributed by atoms with Crippen molar-refractivity contribution in [3.8, 4) is 17.1 Å². The highest BCUT2D eigenvalue weighted by molar-refractivity contribution is 6.33. The fourth-order valence-electron chi connectivity index (χ4n) is 3.90. The molecule has 2 aromatic heterocycles. The number of carbonyl (C=O) groups is 1. The van der Waals surface area contributed by atoms with Crippen molar-refractivity contribution in [3.63, 3.8) is 0 Å². The van der Waals surface area contributed by atoms with E-state index in [0.717, 1.165) is 4.68 Å². The summed E-state index contributed by atoms with van der Waals surface area (Å²) in [5, 5.41) is 21.1. The molecule has 1 aliphatic carbocycles. The highest BCUT2D eigenvalue weighted by Gasteiger charge is 2.40. The minimum atomic E-state index is -4.97. The SMILES string of the molecule is O=C(NC1CC1F)c1cccc(Cl)c1-n1cnc(Cn2nc(-c3ccc(Cl)cc3)n(C[C@@H](O)C(F)(F)F)c2=O)n1. The van der Waals surface area contributed by atoms with Crippen molar-refractivity contribution >= 4 is 29.1 Å². The number of benzene rings is 2. The Kier molecular flexibility index (Phi) is 7.42. The van der Waals surface area contributed by atoms with Crippen LogP contribution in [0.5, 0.6) is 0 Å². The van der Waals surface area contributed by atoms with Gasteiger partial charge >= 0.3 is 11.9 Å². The van der Waals surface area contributed by atoms with E-state index >= 15 is 0 Å². The first-order valence-electron chi connectivity index (χ1n) is 11.7. The van der Waals surface area contributed by atoms with Gasteiger partial charge in [-0.15, -0.1) is 10.2 Å². The molecule has 40 heavy (non-hydrogen) atoms. The zero-order chi connectivity index (χ0) is 28.8. The van der Waals surface area contributed by atoms with E-state index in [-0.39, 0.29) is 46.5 Å². The van der Waals surface area contributed by atoms with Crippen LogP contribution in [-0.4, -0.2) is 64.6 Å². The average Bonchev–Trinajstić information content (AvgIpc) is 3.26. The van der Waals surface area contributed by atoms with Crippen LogP contribution in [0.25, 0.3) is 17.1 Å². The molecule has 210 valence electrons. The Balaban J connectivity index is 1.47. The van der Waals surface area contributed by atoms with Crippen molar-refractivity contribution in [2.45, 2.75) is 44.0 Å². The molecule has 2 aromatic carbocycles. The highest BCUT2D eigenvalue weighted by atomic mass is 35.5. The molecule has 0 aliphatic heterocycles. The summed E-state index contributed by atoms with van der Waals surface area (Å²) < 4.78 is 55.3. The minimum Gasteiger partial charge on any atom is -0.382 e. The maximum Gasteiger partial charge on any atom is 0.416 e. The number of nitrogens with zero attached hydrogens (tertiary/aromatic N) is 6. The molecule has 16 heteroatoms. The van der Waals surface area contributed by atoms with E-state index in [4.69, 9.17) is 23.2 Å². The molecule has 10 nitrogen and oxygen atoms in total. The molecular formula is C24H19Cl2F4N7O3. The molecule has 0 saturated heterocycles. The molecule has 2 unspecified atom stereocenters. The van der Waals surface area contributed by atoms with Crippen molar-refractivity contribution in [3.05, 3.63) is 80.7 Å². The molecule has 1 saturated carbocycles. The average molecular weight is 600 g/mol. The smallest absolute Gasteiger partial charge is 0.382 e. The number of rotatable bonds is 8. The van der Waals surface area contributed by atoms with Gasteiger partial charge in [0, 0.05) is 17.0 Å². The lowest BCUT2D eigenvalue weighted by Gasteiger charge is -2.15. The Hall–Kier alpha value is -3.75. The highest BCUT2D eigenvalue weighted by Crippen LogP contribution is 2.28. The van der Waals surface area contributed by atoms with Crippen molar-refractivity contribution in [1.82, 2.24) is 34.4 Å². The van der Waals surface area contributed by atoms with E-state index < -0.39 is 42.6 Å². The van der Waals surface area contributed by atoms with Crippen LogP contribution in [-0.2, 0) is 13.1 Å². The third-order valence-corrected chi connectivity index (χ3v) is 6.64. The van der Waals surface area contributed by atoms with Crippen LogP contribution >= 0.6 is 23.2 Å². The molecule has 1 fully saturated rings. The van der Waals surface area contributed by atoms with Gasteiger partial charge in [0.25, 0.3) is 5.91 Å². The number of aromatic nitrogens is 6. The molecule has 1 amide bonds. The first-order chi connectivity index (χ1) is 18.9. The van der Waals surface area contributed by atoms with Crippen LogP contribution in [0.3, 0.4) is 0 Å². The third kappa shape index (κ3) is 5.74. The summed E-state index contributed by atoms with van der Waals surface area (Å²) in [4.78, 5) is 29.9. The van der Waals surface area contributed by atoms with Crippen molar-refractivity contribution in [1.29, 1.82) is 0 Å². The molecule has 0 radical (unpaired) electrons. The van der Waals surface area contributed by atoms with Crippen LogP contribution in [0.1, 0.15) is 22.6 Å². The molecular weight excluding hydrogens is 581 g/mol. The Morgan fingerprint density at radius 2 is 1.85 bits per heavy atom. The summed E-state index contributed by atoms with van der Waals surface area (Å²) in [6.45, 7) is -1.46. The summed E-state index contributed by atoms with van der Waals surface area (Å²) >= 11 is 12.2. The fraction of sp³-hybridized carbons (Fsp3) is 0.292. The largest absolute Gasteiger partial charge is 0.416 e. The van der Waals surface area contributed by atoms with E-state index in [9.17, 15) is 32.3 Å². The molecule has 2 heterocycles. The van der Waals surface area contributed by atoms with Crippen molar-refractivity contribution in [2.75, 3.05) is 0 Å². The Bertz CT molecular complexity index is 1620. The van der Waals surface area contributed by atoms with Gasteiger partial charge in [-0.05, 0) is 36.4 Å². The Morgan fingerprint density at radius 1 is 1.15 bits per heavy atom. The second kappa shape index (κ2) is 10.7. The van der Waals surface area contributed by atoms with E-state index in [1.165, 1.54) is 53.5 Å². The molecule has 3 atom stereocenters. The quantitative estimate of drug-likeness (QED) is 0.300. The Labute approximate surface area is 232 Å². The van der Waals surface area contributed by atoms with Crippen molar-refractivity contribution < 1.29 is 27.5 Å².